The SMILES string of the molecule is COc1cc(CBr)ccc1OCc1ncnn1C. The molecule has 0 unspecified atom stereocenters. The van der Waals surface area contributed by atoms with Crippen molar-refractivity contribution in [2.24, 2.45) is 7.05 Å². The Hall–Kier alpha value is -1.56. The minimum absolute atomic E-state index is 0.362. The van der Waals surface area contributed by atoms with Crippen LogP contribution in [0.25, 0.3) is 0 Å². The summed E-state index contributed by atoms with van der Waals surface area (Å²) in [5.74, 6) is 2.18. The molecule has 0 radical (unpaired) electrons. The number of alkyl halides is 1. The Morgan fingerprint density at radius 2 is 2.17 bits per heavy atom. The fraction of sp³-hybridized carbons (Fsp3) is 0.333. The topological polar surface area (TPSA) is 49.2 Å². The molecular weight excluding hydrogens is 298 g/mol. The van der Waals surface area contributed by atoms with Gasteiger partial charge in [0.2, 0.25) is 0 Å². The second-order valence-electron chi connectivity index (χ2n) is 3.71. The van der Waals surface area contributed by atoms with E-state index in [1.165, 1.54) is 6.33 Å². The minimum atomic E-state index is 0.362. The van der Waals surface area contributed by atoms with Crippen LogP contribution in [0.3, 0.4) is 0 Å². The highest BCUT2D eigenvalue weighted by Crippen LogP contribution is 2.29. The first kappa shape index (κ1) is 12.9. The van der Waals surface area contributed by atoms with Gasteiger partial charge < -0.3 is 9.47 Å². The van der Waals surface area contributed by atoms with Crippen molar-refractivity contribution in [1.29, 1.82) is 0 Å². The number of rotatable bonds is 5. The highest BCUT2D eigenvalue weighted by Gasteiger charge is 2.07. The average Bonchev–Trinajstić information content (AvgIpc) is 2.81. The molecule has 0 bridgehead atoms. The number of aryl methyl sites for hydroxylation is 1. The molecule has 5 nitrogen and oxygen atoms in total. The van der Waals surface area contributed by atoms with Crippen LogP contribution in [0.4, 0.5) is 0 Å². The second-order valence-corrected chi connectivity index (χ2v) is 4.27. The zero-order chi connectivity index (χ0) is 13.0. The molecule has 0 spiro atoms. The van der Waals surface area contributed by atoms with Gasteiger partial charge in [0.15, 0.2) is 17.3 Å². The van der Waals surface area contributed by atoms with Crippen LogP contribution in [0.15, 0.2) is 24.5 Å². The van der Waals surface area contributed by atoms with Crippen LogP contribution in [0.1, 0.15) is 11.4 Å². The van der Waals surface area contributed by atoms with Gasteiger partial charge >= 0.3 is 0 Å². The maximum atomic E-state index is 5.69. The summed E-state index contributed by atoms with van der Waals surface area (Å²) in [6.07, 6.45) is 1.50. The molecule has 0 aliphatic carbocycles. The second kappa shape index (κ2) is 5.86. The van der Waals surface area contributed by atoms with Gasteiger partial charge in [0.05, 0.1) is 7.11 Å². The van der Waals surface area contributed by atoms with Gasteiger partial charge in [0.1, 0.15) is 12.9 Å². The minimum Gasteiger partial charge on any atom is -0.493 e. The Labute approximate surface area is 114 Å². The lowest BCUT2D eigenvalue weighted by molar-refractivity contribution is 0.271. The fourth-order valence-corrected chi connectivity index (χ4v) is 1.86. The maximum Gasteiger partial charge on any atom is 0.164 e. The molecule has 18 heavy (non-hydrogen) atoms. The molecule has 6 heteroatoms. The molecule has 1 aromatic heterocycles. The van der Waals surface area contributed by atoms with Gasteiger partial charge in [0.25, 0.3) is 0 Å². The highest BCUT2D eigenvalue weighted by atomic mass is 79.9. The summed E-state index contributed by atoms with van der Waals surface area (Å²) in [5, 5.41) is 4.77. The summed E-state index contributed by atoms with van der Waals surface area (Å²) in [4.78, 5) is 4.10. The number of nitrogens with zero attached hydrogens (tertiary/aromatic N) is 3. The molecule has 1 heterocycles. The molecule has 0 aliphatic heterocycles. The standard InChI is InChI=1S/C12H14BrN3O2/c1-16-12(14-8-15-16)7-18-10-4-3-9(6-13)5-11(10)17-2/h3-5,8H,6-7H2,1-2H3. The number of aromatic nitrogens is 3. The third kappa shape index (κ3) is 2.81. The number of ether oxygens (including phenoxy) is 2. The summed E-state index contributed by atoms with van der Waals surface area (Å²) in [5.41, 5.74) is 1.14. The molecule has 0 aliphatic rings. The number of methoxy groups -OCH3 is 1. The van der Waals surface area contributed by atoms with E-state index in [-0.39, 0.29) is 0 Å². The van der Waals surface area contributed by atoms with Crippen molar-refractivity contribution in [2.45, 2.75) is 11.9 Å². The van der Waals surface area contributed by atoms with Crippen molar-refractivity contribution in [3.63, 3.8) is 0 Å². The zero-order valence-corrected chi connectivity index (χ0v) is 11.8. The van der Waals surface area contributed by atoms with Gasteiger partial charge in [-0.05, 0) is 17.7 Å². The van der Waals surface area contributed by atoms with Crippen LogP contribution in [-0.2, 0) is 19.0 Å². The first-order chi connectivity index (χ1) is 8.74. The first-order valence-electron chi connectivity index (χ1n) is 5.43. The zero-order valence-electron chi connectivity index (χ0n) is 10.3. The van der Waals surface area contributed by atoms with Crippen molar-refractivity contribution >= 4 is 15.9 Å². The fourth-order valence-electron chi connectivity index (χ4n) is 1.51. The molecule has 0 amide bonds. The summed E-state index contributed by atoms with van der Waals surface area (Å²) in [7, 11) is 3.46. The molecule has 96 valence electrons. The summed E-state index contributed by atoms with van der Waals surface area (Å²) < 4.78 is 12.7. The van der Waals surface area contributed by atoms with E-state index >= 15 is 0 Å². The largest absolute Gasteiger partial charge is 0.493 e. The van der Waals surface area contributed by atoms with Crippen LogP contribution in [0.2, 0.25) is 0 Å². The van der Waals surface area contributed by atoms with Crippen LogP contribution in [0.5, 0.6) is 11.5 Å². The van der Waals surface area contributed by atoms with Crippen molar-refractivity contribution in [1.82, 2.24) is 14.8 Å². The van der Waals surface area contributed by atoms with Crippen molar-refractivity contribution in [2.75, 3.05) is 7.11 Å². The number of halogens is 1. The molecule has 2 aromatic rings. The summed E-state index contributed by atoms with van der Waals surface area (Å²) in [6, 6.07) is 5.83. The molecule has 0 N–H and O–H groups in total. The van der Waals surface area contributed by atoms with Crippen LogP contribution < -0.4 is 9.47 Å². The third-order valence-corrected chi connectivity index (χ3v) is 3.19. The Morgan fingerprint density at radius 3 is 2.78 bits per heavy atom. The summed E-state index contributed by atoms with van der Waals surface area (Å²) in [6.45, 7) is 0.362. The lowest BCUT2D eigenvalue weighted by Gasteiger charge is -2.11. The third-order valence-electron chi connectivity index (χ3n) is 2.54. The van der Waals surface area contributed by atoms with E-state index in [1.54, 1.807) is 11.8 Å². The number of hydrogen-bond donors (Lipinski definition) is 0. The van der Waals surface area contributed by atoms with E-state index in [4.69, 9.17) is 9.47 Å². The van der Waals surface area contributed by atoms with Crippen LogP contribution >= 0.6 is 15.9 Å². The van der Waals surface area contributed by atoms with Gasteiger partial charge in [-0.15, -0.1) is 0 Å². The first-order valence-corrected chi connectivity index (χ1v) is 6.55. The van der Waals surface area contributed by atoms with Crippen molar-refractivity contribution < 1.29 is 9.47 Å². The molecular formula is C12H14BrN3O2. The lowest BCUT2D eigenvalue weighted by Crippen LogP contribution is -2.05. The van der Waals surface area contributed by atoms with Gasteiger partial charge in [-0.1, -0.05) is 22.0 Å². The predicted molar refractivity (Wildman–Crippen MR) is 71.0 cm³/mol. The lowest BCUT2D eigenvalue weighted by atomic mass is 10.2. The van der Waals surface area contributed by atoms with Crippen LogP contribution in [0, 0.1) is 0 Å². The molecule has 2 rings (SSSR count). The van der Waals surface area contributed by atoms with Gasteiger partial charge in [-0.3, -0.25) is 4.68 Å². The molecule has 0 fully saturated rings. The number of benzene rings is 1. The Bertz CT molecular complexity index is 528. The van der Waals surface area contributed by atoms with E-state index < -0.39 is 0 Å². The number of hydrogen-bond acceptors (Lipinski definition) is 4. The van der Waals surface area contributed by atoms with E-state index in [0.29, 0.717) is 18.1 Å². The van der Waals surface area contributed by atoms with E-state index in [0.717, 1.165) is 16.7 Å². The quantitative estimate of drug-likeness (QED) is 0.795. The maximum absolute atomic E-state index is 5.69. The smallest absolute Gasteiger partial charge is 0.164 e. The van der Waals surface area contributed by atoms with Gasteiger partial charge in [-0.25, -0.2) is 4.98 Å². The van der Waals surface area contributed by atoms with E-state index in [1.807, 2.05) is 25.2 Å². The van der Waals surface area contributed by atoms with Gasteiger partial charge in [-0.2, -0.15) is 5.10 Å². The Balaban J connectivity index is 2.11. The van der Waals surface area contributed by atoms with Crippen molar-refractivity contribution in [3.8, 4) is 11.5 Å². The Kier molecular flexibility index (Phi) is 4.19. The Morgan fingerprint density at radius 1 is 1.33 bits per heavy atom. The molecule has 0 saturated heterocycles. The molecule has 0 saturated carbocycles. The average molecular weight is 312 g/mol. The van der Waals surface area contributed by atoms with E-state index in [9.17, 15) is 0 Å². The highest BCUT2D eigenvalue weighted by molar-refractivity contribution is 9.08. The molecule has 1 aromatic carbocycles. The summed E-state index contributed by atoms with van der Waals surface area (Å²) >= 11 is 3.41. The van der Waals surface area contributed by atoms with E-state index in [2.05, 4.69) is 26.0 Å². The normalized spacial score (nSPS) is 10.4. The van der Waals surface area contributed by atoms with Crippen molar-refractivity contribution in [3.05, 3.63) is 35.9 Å². The predicted octanol–water partition coefficient (Wildman–Crippen LogP) is 2.30. The van der Waals surface area contributed by atoms with Gasteiger partial charge in [0, 0.05) is 12.4 Å². The molecule has 0 atom stereocenters. The van der Waals surface area contributed by atoms with Crippen LogP contribution in [-0.4, -0.2) is 21.9 Å². The monoisotopic (exact) mass is 311 g/mol.